The number of carbonyl (C=O) groups is 1. The predicted octanol–water partition coefficient (Wildman–Crippen LogP) is 1.67. The Hall–Kier alpha value is -1.63. The fourth-order valence-electron chi connectivity index (χ4n) is 1.66. The third-order valence-corrected chi connectivity index (χ3v) is 2.64. The Bertz CT molecular complexity index is 392. The second-order valence-electron chi connectivity index (χ2n) is 4.29. The van der Waals surface area contributed by atoms with Gasteiger partial charge in [0.25, 0.3) is 0 Å². The summed E-state index contributed by atoms with van der Waals surface area (Å²) in [6.07, 6.45) is -2.30. The molecule has 1 amide bonds. The van der Waals surface area contributed by atoms with E-state index < -0.39 is 18.5 Å². The molecule has 0 aliphatic rings. The van der Waals surface area contributed by atoms with Crippen LogP contribution in [0.3, 0.4) is 0 Å². The highest BCUT2D eigenvalue weighted by atomic mass is 16.7. The summed E-state index contributed by atoms with van der Waals surface area (Å²) < 4.78 is 15.5. The normalized spacial score (nSPS) is 12.2. The Morgan fingerprint density at radius 1 is 1.19 bits per heavy atom. The molecule has 0 bridgehead atoms. The Kier molecular flexibility index (Phi) is 8.42. The molecular formula is C15H23NO5. The van der Waals surface area contributed by atoms with Crippen LogP contribution in [0.1, 0.15) is 19.4 Å². The molecule has 6 heteroatoms. The summed E-state index contributed by atoms with van der Waals surface area (Å²) in [5.41, 5.74) is 0.898. The van der Waals surface area contributed by atoms with Gasteiger partial charge in [-0.1, -0.05) is 30.3 Å². The van der Waals surface area contributed by atoms with E-state index in [1.165, 1.54) is 0 Å². The van der Waals surface area contributed by atoms with Gasteiger partial charge >= 0.3 is 6.09 Å². The number of carbonyl (C=O) groups excluding carboxylic acids is 1. The van der Waals surface area contributed by atoms with Crippen molar-refractivity contribution in [1.29, 1.82) is 0 Å². The lowest BCUT2D eigenvalue weighted by Crippen LogP contribution is -2.41. The lowest BCUT2D eigenvalue weighted by Gasteiger charge is -2.22. The molecule has 0 spiro atoms. The Morgan fingerprint density at radius 3 is 2.38 bits per heavy atom. The zero-order valence-corrected chi connectivity index (χ0v) is 12.5. The molecule has 118 valence electrons. The summed E-state index contributed by atoms with van der Waals surface area (Å²) in [4.78, 5) is 11.5. The maximum absolute atomic E-state index is 11.5. The molecule has 1 atom stereocenters. The van der Waals surface area contributed by atoms with E-state index >= 15 is 0 Å². The van der Waals surface area contributed by atoms with E-state index in [9.17, 15) is 9.90 Å². The van der Waals surface area contributed by atoms with Crippen LogP contribution in [-0.4, -0.2) is 43.4 Å². The molecule has 21 heavy (non-hydrogen) atoms. The van der Waals surface area contributed by atoms with Crippen LogP contribution in [0.15, 0.2) is 30.3 Å². The van der Waals surface area contributed by atoms with E-state index in [1.807, 2.05) is 30.3 Å². The zero-order valence-electron chi connectivity index (χ0n) is 12.5. The molecule has 0 saturated carbocycles. The van der Waals surface area contributed by atoms with Crippen molar-refractivity contribution in [1.82, 2.24) is 5.32 Å². The minimum Gasteiger partial charge on any atom is -0.445 e. The molecule has 0 aromatic heterocycles. The second-order valence-corrected chi connectivity index (χ2v) is 4.29. The van der Waals surface area contributed by atoms with Crippen molar-refractivity contribution >= 4 is 6.09 Å². The highest BCUT2D eigenvalue weighted by Gasteiger charge is 2.20. The number of hydrogen-bond donors (Lipinski definition) is 2. The quantitative estimate of drug-likeness (QED) is 0.678. The van der Waals surface area contributed by atoms with Gasteiger partial charge in [-0.05, 0) is 19.4 Å². The van der Waals surface area contributed by atoms with Gasteiger partial charge in [-0.2, -0.15) is 0 Å². The fraction of sp³-hybridized carbons (Fsp3) is 0.533. The van der Waals surface area contributed by atoms with Crippen molar-refractivity contribution in [2.75, 3.05) is 19.8 Å². The first-order valence-electron chi connectivity index (χ1n) is 7.03. The molecule has 1 aromatic carbocycles. The van der Waals surface area contributed by atoms with Gasteiger partial charge in [-0.3, -0.25) is 0 Å². The van der Waals surface area contributed by atoms with Gasteiger partial charge in [-0.25, -0.2) is 4.79 Å². The molecule has 0 radical (unpaired) electrons. The maximum Gasteiger partial charge on any atom is 0.407 e. The summed E-state index contributed by atoms with van der Waals surface area (Å²) in [6, 6.07) is 9.36. The molecule has 0 aliphatic heterocycles. The number of amides is 1. The molecular weight excluding hydrogens is 274 g/mol. The summed E-state index contributed by atoms with van der Waals surface area (Å²) in [5, 5.41) is 12.4. The lowest BCUT2D eigenvalue weighted by molar-refractivity contribution is -0.187. The van der Waals surface area contributed by atoms with Crippen LogP contribution in [0, 0.1) is 0 Å². The minimum absolute atomic E-state index is 0.00170. The van der Waals surface area contributed by atoms with Gasteiger partial charge in [0, 0.05) is 13.2 Å². The Morgan fingerprint density at radius 2 is 1.81 bits per heavy atom. The maximum atomic E-state index is 11.5. The molecule has 1 unspecified atom stereocenters. The molecule has 6 nitrogen and oxygen atoms in total. The van der Waals surface area contributed by atoms with Crippen molar-refractivity contribution in [2.45, 2.75) is 32.8 Å². The van der Waals surface area contributed by atoms with E-state index in [-0.39, 0.29) is 13.2 Å². The number of aliphatic hydroxyl groups excluding tert-OH is 1. The molecule has 0 aliphatic carbocycles. The second kappa shape index (κ2) is 10.1. The molecule has 1 aromatic rings. The van der Waals surface area contributed by atoms with Crippen LogP contribution in [0.5, 0.6) is 0 Å². The van der Waals surface area contributed by atoms with E-state index in [4.69, 9.17) is 14.2 Å². The van der Waals surface area contributed by atoms with Gasteiger partial charge in [0.05, 0.1) is 6.54 Å². The average molecular weight is 297 g/mol. The van der Waals surface area contributed by atoms with E-state index in [2.05, 4.69) is 5.32 Å². The van der Waals surface area contributed by atoms with E-state index in [0.29, 0.717) is 13.2 Å². The third-order valence-electron chi connectivity index (χ3n) is 2.64. The molecule has 1 rings (SSSR count). The Balaban J connectivity index is 2.27. The first-order valence-corrected chi connectivity index (χ1v) is 7.03. The Labute approximate surface area is 125 Å². The highest BCUT2D eigenvalue weighted by Crippen LogP contribution is 2.03. The van der Waals surface area contributed by atoms with Gasteiger partial charge in [0.15, 0.2) is 6.29 Å². The number of nitrogens with one attached hydrogen (secondary N) is 1. The summed E-state index contributed by atoms with van der Waals surface area (Å²) in [6.45, 7) is 4.63. The molecule has 0 saturated heterocycles. The van der Waals surface area contributed by atoms with Crippen molar-refractivity contribution in [2.24, 2.45) is 0 Å². The summed E-state index contributed by atoms with van der Waals surface area (Å²) in [5.74, 6) is 0. The molecule has 0 heterocycles. The standard InChI is InChI=1S/C15H23NO5/c1-3-19-14(20-4-2)13(17)10-16-15(18)21-11-12-8-6-5-7-9-12/h5-9,13-14,17H,3-4,10-11H2,1-2H3,(H,16,18). The van der Waals surface area contributed by atoms with E-state index in [1.54, 1.807) is 13.8 Å². The van der Waals surface area contributed by atoms with Gasteiger partial charge in [-0.15, -0.1) is 0 Å². The van der Waals surface area contributed by atoms with Crippen LogP contribution in [-0.2, 0) is 20.8 Å². The average Bonchev–Trinajstić information content (AvgIpc) is 2.51. The number of rotatable bonds is 9. The van der Waals surface area contributed by atoms with Crippen LogP contribution in [0.2, 0.25) is 0 Å². The fourth-order valence-corrected chi connectivity index (χ4v) is 1.66. The van der Waals surface area contributed by atoms with E-state index in [0.717, 1.165) is 5.56 Å². The number of benzene rings is 1. The number of aliphatic hydroxyl groups is 1. The van der Waals surface area contributed by atoms with Crippen molar-refractivity contribution in [3.05, 3.63) is 35.9 Å². The monoisotopic (exact) mass is 297 g/mol. The zero-order chi connectivity index (χ0) is 15.5. The van der Waals surface area contributed by atoms with Gasteiger partial charge in [0.2, 0.25) is 0 Å². The molecule has 2 N–H and O–H groups in total. The lowest BCUT2D eigenvalue weighted by atomic mass is 10.2. The topological polar surface area (TPSA) is 77.0 Å². The summed E-state index contributed by atoms with van der Waals surface area (Å²) in [7, 11) is 0. The third kappa shape index (κ3) is 7.08. The van der Waals surface area contributed by atoms with Gasteiger partial charge < -0.3 is 24.6 Å². The van der Waals surface area contributed by atoms with Crippen LogP contribution in [0.25, 0.3) is 0 Å². The van der Waals surface area contributed by atoms with Crippen molar-refractivity contribution in [3.8, 4) is 0 Å². The van der Waals surface area contributed by atoms with Crippen LogP contribution in [0.4, 0.5) is 4.79 Å². The number of ether oxygens (including phenoxy) is 3. The smallest absolute Gasteiger partial charge is 0.407 e. The SMILES string of the molecule is CCOC(OCC)C(O)CNC(=O)OCc1ccccc1. The molecule has 0 fully saturated rings. The first kappa shape index (κ1) is 17.4. The van der Waals surface area contributed by atoms with Gasteiger partial charge in [0.1, 0.15) is 12.7 Å². The predicted molar refractivity (Wildman–Crippen MR) is 77.7 cm³/mol. The van der Waals surface area contributed by atoms with Crippen LogP contribution < -0.4 is 5.32 Å². The number of hydrogen-bond acceptors (Lipinski definition) is 5. The summed E-state index contributed by atoms with van der Waals surface area (Å²) >= 11 is 0. The van der Waals surface area contributed by atoms with Crippen molar-refractivity contribution in [3.63, 3.8) is 0 Å². The highest BCUT2D eigenvalue weighted by molar-refractivity contribution is 5.67. The largest absolute Gasteiger partial charge is 0.445 e. The van der Waals surface area contributed by atoms with Crippen LogP contribution >= 0.6 is 0 Å². The first-order chi connectivity index (χ1) is 10.2. The van der Waals surface area contributed by atoms with Crippen molar-refractivity contribution < 1.29 is 24.1 Å². The minimum atomic E-state index is -0.950. The number of alkyl carbamates (subject to hydrolysis) is 1.